The molecule has 1 atom stereocenters. The van der Waals surface area contributed by atoms with Gasteiger partial charge in [-0.15, -0.1) is 11.8 Å². The number of likely N-dealkylation sites (N-methyl/N-ethyl adjacent to an activating group) is 1. The van der Waals surface area contributed by atoms with E-state index in [-0.39, 0.29) is 11.8 Å². The van der Waals surface area contributed by atoms with Crippen LogP contribution >= 0.6 is 43.6 Å². The van der Waals surface area contributed by atoms with Crippen molar-refractivity contribution >= 4 is 55.4 Å². The molecule has 0 heterocycles. The Hall–Kier alpha value is -1.31. The molecule has 2 amide bonds. The molecule has 2 rings (SSSR count). The normalized spacial score (nSPS) is 11.7. The molecule has 0 radical (unpaired) electrons. The number of thioether (sulfide) groups is 1. The molecule has 1 unspecified atom stereocenters. The van der Waals surface area contributed by atoms with Crippen LogP contribution in [0, 0.1) is 0 Å². The van der Waals surface area contributed by atoms with Crippen molar-refractivity contribution in [2.24, 2.45) is 0 Å². The van der Waals surface area contributed by atoms with Gasteiger partial charge < -0.3 is 10.2 Å². The Bertz CT molecular complexity index is 799. The Morgan fingerprint density at radius 3 is 2.43 bits per heavy atom. The van der Waals surface area contributed by atoms with Gasteiger partial charge in [-0.2, -0.15) is 0 Å². The summed E-state index contributed by atoms with van der Waals surface area (Å²) in [6.45, 7) is 4.59. The molecule has 4 nitrogen and oxygen atoms in total. The second-order valence-electron chi connectivity index (χ2n) is 6.34. The summed E-state index contributed by atoms with van der Waals surface area (Å²) in [5, 5.41) is 2.81. The van der Waals surface area contributed by atoms with Crippen LogP contribution in [0.25, 0.3) is 0 Å². The van der Waals surface area contributed by atoms with E-state index < -0.39 is 6.04 Å². The molecule has 0 spiro atoms. The van der Waals surface area contributed by atoms with Gasteiger partial charge in [-0.3, -0.25) is 9.59 Å². The van der Waals surface area contributed by atoms with Crippen molar-refractivity contribution < 1.29 is 9.59 Å². The maximum Gasteiger partial charge on any atom is 0.242 e. The highest BCUT2D eigenvalue weighted by atomic mass is 79.9. The molecule has 0 aromatic heterocycles. The minimum Gasteiger partial charge on any atom is -0.355 e. The highest BCUT2D eigenvalue weighted by molar-refractivity contribution is 9.10. The maximum absolute atomic E-state index is 12.9. The standard InChI is InChI=1S/C21H24Br2N2O2S/c1-3-24-21(27)15(2)25(12-17-5-4-6-19(23)11-17)20(26)14-28-13-16-7-9-18(22)10-8-16/h4-11,15H,3,12-14H2,1-2H3,(H,24,27). The summed E-state index contributed by atoms with van der Waals surface area (Å²) in [5.74, 6) is 0.900. The molecule has 2 aromatic rings. The molecule has 0 aliphatic rings. The van der Waals surface area contributed by atoms with Crippen LogP contribution in [0.1, 0.15) is 25.0 Å². The predicted molar refractivity (Wildman–Crippen MR) is 123 cm³/mol. The number of hydrogen-bond donors (Lipinski definition) is 1. The molecule has 0 aliphatic carbocycles. The van der Waals surface area contributed by atoms with Gasteiger partial charge >= 0.3 is 0 Å². The molecule has 2 aromatic carbocycles. The van der Waals surface area contributed by atoms with Gasteiger partial charge in [0.1, 0.15) is 6.04 Å². The number of halogens is 2. The lowest BCUT2D eigenvalue weighted by Crippen LogP contribution is -2.48. The molecule has 0 fully saturated rings. The number of rotatable bonds is 9. The molecule has 28 heavy (non-hydrogen) atoms. The van der Waals surface area contributed by atoms with Crippen LogP contribution in [0.5, 0.6) is 0 Å². The molecular weight excluding hydrogens is 504 g/mol. The van der Waals surface area contributed by atoms with Gasteiger partial charge in [0, 0.05) is 27.8 Å². The molecule has 0 saturated carbocycles. The van der Waals surface area contributed by atoms with E-state index in [1.54, 1.807) is 23.6 Å². The van der Waals surface area contributed by atoms with Gasteiger partial charge in [0.2, 0.25) is 11.8 Å². The number of nitrogens with one attached hydrogen (secondary N) is 1. The topological polar surface area (TPSA) is 49.4 Å². The van der Waals surface area contributed by atoms with Crippen LogP contribution in [-0.4, -0.2) is 35.1 Å². The fraction of sp³-hybridized carbons (Fsp3) is 0.333. The van der Waals surface area contributed by atoms with Crippen LogP contribution in [-0.2, 0) is 21.9 Å². The third-order valence-corrected chi connectivity index (χ3v) is 6.18. The van der Waals surface area contributed by atoms with Crippen LogP contribution in [0.4, 0.5) is 0 Å². The Kier molecular flexibility index (Phi) is 9.55. The van der Waals surface area contributed by atoms with Gasteiger partial charge in [-0.05, 0) is 49.2 Å². The number of nitrogens with zero attached hydrogens (tertiary/aromatic N) is 1. The van der Waals surface area contributed by atoms with E-state index in [1.807, 2.05) is 55.5 Å². The zero-order chi connectivity index (χ0) is 20.5. The zero-order valence-electron chi connectivity index (χ0n) is 16.0. The summed E-state index contributed by atoms with van der Waals surface area (Å²) in [6.07, 6.45) is 0. The van der Waals surface area contributed by atoms with Gasteiger partial charge in [0.15, 0.2) is 0 Å². The van der Waals surface area contributed by atoms with Crippen molar-refractivity contribution in [1.29, 1.82) is 0 Å². The fourth-order valence-electron chi connectivity index (χ4n) is 2.66. The zero-order valence-corrected chi connectivity index (χ0v) is 19.9. The first-order valence-electron chi connectivity index (χ1n) is 9.04. The molecule has 150 valence electrons. The molecule has 0 bridgehead atoms. The first-order valence-corrected chi connectivity index (χ1v) is 11.8. The van der Waals surface area contributed by atoms with E-state index in [4.69, 9.17) is 0 Å². The van der Waals surface area contributed by atoms with Crippen LogP contribution in [0.15, 0.2) is 57.5 Å². The van der Waals surface area contributed by atoms with Gasteiger partial charge in [-0.1, -0.05) is 56.1 Å². The molecular formula is C21H24Br2N2O2S. The summed E-state index contributed by atoms with van der Waals surface area (Å²) in [5.41, 5.74) is 2.15. The van der Waals surface area contributed by atoms with Crippen molar-refractivity contribution in [1.82, 2.24) is 10.2 Å². The van der Waals surface area contributed by atoms with Crippen LogP contribution in [0.3, 0.4) is 0 Å². The van der Waals surface area contributed by atoms with E-state index in [0.717, 1.165) is 25.8 Å². The van der Waals surface area contributed by atoms with E-state index in [1.165, 1.54) is 0 Å². The smallest absolute Gasteiger partial charge is 0.242 e. The highest BCUT2D eigenvalue weighted by Crippen LogP contribution is 2.19. The van der Waals surface area contributed by atoms with Crippen molar-refractivity contribution in [3.05, 3.63) is 68.6 Å². The summed E-state index contributed by atoms with van der Waals surface area (Å²) >= 11 is 8.45. The monoisotopic (exact) mass is 526 g/mol. The SMILES string of the molecule is CCNC(=O)C(C)N(Cc1cccc(Br)c1)C(=O)CSCc1ccc(Br)cc1. The first kappa shape index (κ1) is 23.0. The second kappa shape index (κ2) is 11.6. The molecule has 1 N–H and O–H groups in total. The lowest BCUT2D eigenvalue weighted by molar-refractivity contribution is -0.138. The van der Waals surface area contributed by atoms with E-state index in [2.05, 4.69) is 37.2 Å². The lowest BCUT2D eigenvalue weighted by atomic mass is 10.1. The number of carbonyl (C=O) groups excluding carboxylic acids is 2. The quantitative estimate of drug-likeness (QED) is 0.499. The van der Waals surface area contributed by atoms with Gasteiger partial charge in [-0.25, -0.2) is 0 Å². The number of benzene rings is 2. The van der Waals surface area contributed by atoms with Crippen molar-refractivity contribution in [2.75, 3.05) is 12.3 Å². The largest absolute Gasteiger partial charge is 0.355 e. The molecule has 0 saturated heterocycles. The third-order valence-electron chi connectivity index (χ3n) is 4.17. The first-order chi connectivity index (χ1) is 13.4. The van der Waals surface area contributed by atoms with Gasteiger partial charge in [0.25, 0.3) is 0 Å². The minimum absolute atomic E-state index is 0.0409. The van der Waals surface area contributed by atoms with Crippen molar-refractivity contribution in [2.45, 2.75) is 32.2 Å². The Morgan fingerprint density at radius 1 is 1.07 bits per heavy atom. The summed E-state index contributed by atoms with van der Waals surface area (Å²) in [7, 11) is 0. The van der Waals surface area contributed by atoms with E-state index >= 15 is 0 Å². The minimum atomic E-state index is -0.528. The number of amides is 2. The Balaban J connectivity index is 2.04. The summed E-state index contributed by atoms with van der Waals surface area (Å²) in [4.78, 5) is 26.9. The summed E-state index contributed by atoms with van der Waals surface area (Å²) in [6, 6.07) is 15.3. The van der Waals surface area contributed by atoms with E-state index in [9.17, 15) is 9.59 Å². The second-order valence-corrected chi connectivity index (χ2v) is 9.16. The highest BCUT2D eigenvalue weighted by Gasteiger charge is 2.25. The maximum atomic E-state index is 12.9. The van der Waals surface area contributed by atoms with Gasteiger partial charge in [0.05, 0.1) is 5.75 Å². The van der Waals surface area contributed by atoms with Crippen LogP contribution < -0.4 is 5.32 Å². The Labute approximate surface area is 187 Å². The van der Waals surface area contributed by atoms with Crippen molar-refractivity contribution in [3.8, 4) is 0 Å². The predicted octanol–water partition coefficient (Wildman–Crippen LogP) is 5.00. The third kappa shape index (κ3) is 7.26. The average Bonchev–Trinajstić information content (AvgIpc) is 2.67. The number of carbonyl (C=O) groups is 2. The lowest BCUT2D eigenvalue weighted by Gasteiger charge is -2.28. The van der Waals surface area contributed by atoms with Crippen molar-refractivity contribution in [3.63, 3.8) is 0 Å². The number of hydrogen-bond acceptors (Lipinski definition) is 3. The Morgan fingerprint density at radius 2 is 1.79 bits per heavy atom. The molecule has 7 heteroatoms. The van der Waals surface area contributed by atoms with Crippen LogP contribution in [0.2, 0.25) is 0 Å². The summed E-state index contributed by atoms with van der Waals surface area (Å²) < 4.78 is 1.99. The van der Waals surface area contributed by atoms with E-state index in [0.29, 0.717) is 18.8 Å². The average molecular weight is 528 g/mol. The molecule has 0 aliphatic heterocycles. The fourth-order valence-corrected chi connectivity index (χ4v) is 4.24.